The fourth-order valence-electron chi connectivity index (χ4n) is 3.33. The first kappa shape index (κ1) is 16.7. The van der Waals surface area contributed by atoms with Crippen LogP contribution in [0.15, 0.2) is 29.2 Å². The van der Waals surface area contributed by atoms with Gasteiger partial charge in [-0.2, -0.15) is 0 Å². The number of carboxylic acid groups (broad SMARTS) is 1. The second kappa shape index (κ2) is 6.74. The quantitative estimate of drug-likeness (QED) is 0.777. The summed E-state index contributed by atoms with van der Waals surface area (Å²) >= 11 is 0. The van der Waals surface area contributed by atoms with Gasteiger partial charge in [0, 0.05) is 51.5 Å². The highest BCUT2D eigenvalue weighted by atomic mass is 16.5. The summed E-state index contributed by atoms with van der Waals surface area (Å²) in [5, 5.41) is 9.58. The Morgan fingerprint density at radius 1 is 1.21 bits per heavy atom. The number of carboxylic acids is 1. The fraction of sp³-hybridized carbons (Fsp3) is 0.562. The van der Waals surface area contributed by atoms with E-state index in [1.54, 1.807) is 23.2 Å². The molecule has 1 atom stereocenters. The number of ether oxygens (including phenoxy) is 1. The number of aromatic nitrogens is 1. The van der Waals surface area contributed by atoms with Crippen molar-refractivity contribution in [1.82, 2.24) is 14.4 Å². The largest absolute Gasteiger partial charge is 0.480 e. The Balaban J connectivity index is 1.61. The van der Waals surface area contributed by atoms with Crippen LogP contribution in [0.2, 0.25) is 0 Å². The summed E-state index contributed by atoms with van der Waals surface area (Å²) in [6, 6.07) is 4.77. The van der Waals surface area contributed by atoms with Crippen LogP contribution in [0.5, 0.6) is 0 Å². The molecule has 130 valence electrons. The average molecular weight is 335 g/mol. The second-order valence-corrected chi connectivity index (χ2v) is 6.17. The molecule has 2 aliphatic heterocycles. The molecule has 1 amide bonds. The summed E-state index contributed by atoms with van der Waals surface area (Å²) in [6.45, 7) is 2.53. The number of amides is 1. The normalized spacial score (nSPS) is 24.9. The van der Waals surface area contributed by atoms with E-state index in [-0.39, 0.29) is 24.6 Å². The predicted molar refractivity (Wildman–Crippen MR) is 84.7 cm³/mol. The second-order valence-electron chi connectivity index (χ2n) is 6.17. The summed E-state index contributed by atoms with van der Waals surface area (Å²) in [5.41, 5.74) is -1.18. The molecule has 2 fully saturated rings. The van der Waals surface area contributed by atoms with Crippen molar-refractivity contribution in [2.24, 2.45) is 0 Å². The van der Waals surface area contributed by atoms with Gasteiger partial charge in [-0.1, -0.05) is 6.07 Å². The highest BCUT2D eigenvalue weighted by Crippen LogP contribution is 2.27. The van der Waals surface area contributed by atoms with Gasteiger partial charge in [0.1, 0.15) is 12.1 Å². The van der Waals surface area contributed by atoms with Crippen LogP contribution in [-0.2, 0) is 20.9 Å². The van der Waals surface area contributed by atoms with Crippen molar-refractivity contribution >= 4 is 11.9 Å². The minimum Gasteiger partial charge on any atom is -0.480 e. The van der Waals surface area contributed by atoms with Gasteiger partial charge in [0.15, 0.2) is 0 Å². The van der Waals surface area contributed by atoms with Gasteiger partial charge >= 0.3 is 5.97 Å². The predicted octanol–water partition coefficient (Wildman–Crippen LogP) is -0.764. The molecule has 24 heavy (non-hydrogen) atoms. The van der Waals surface area contributed by atoms with E-state index in [0.29, 0.717) is 39.2 Å². The van der Waals surface area contributed by atoms with Crippen molar-refractivity contribution < 1.29 is 19.4 Å². The monoisotopic (exact) mass is 335 g/mol. The maximum Gasteiger partial charge on any atom is 0.326 e. The minimum atomic E-state index is -0.967. The van der Waals surface area contributed by atoms with E-state index in [4.69, 9.17) is 4.74 Å². The van der Waals surface area contributed by atoms with E-state index in [1.807, 2.05) is 4.90 Å². The maximum absolute atomic E-state index is 12.4. The number of pyridine rings is 1. The number of aliphatic carboxylic acids is 1. The molecule has 0 radical (unpaired) electrons. The van der Waals surface area contributed by atoms with E-state index < -0.39 is 11.5 Å². The van der Waals surface area contributed by atoms with Crippen LogP contribution in [0, 0.1) is 0 Å². The Morgan fingerprint density at radius 2 is 1.96 bits per heavy atom. The Labute approximate surface area is 139 Å². The molecule has 8 heteroatoms. The zero-order valence-electron chi connectivity index (χ0n) is 13.4. The van der Waals surface area contributed by atoms with E-state index in [0.717, 1.165) is 0 Å². The third-order valence-electron chi connectivity index (χ3n) is 4.84. The van der Waals surface area contributed by atoms with Gasteiger partial charge < -0.3 is 19.3 Å². The van der Waals surface area contributed by atoms with Crippen molar-refractivity contribution in [3.8, 4) is 0 Å². The molecule has 2 aliphatic rings. The Morgan fingerprint density at radius 3 is 2.54 bits per heavy atom. The van der Waals surface area contributed by atoms with Crippen LogP contribution >= 0.6 is 0 Å². The summed E-state index contributed by atoms with van der Waals surface area (Å²) in [5.74, 6) is -0.995. The topological polar surface area (TPSA) is 92.1 Å². The van der Waals surface area contributed by atoms with E-state index in [2.05, 4.69) is 0 Å². The molecule has 0 aromatic carbocycles. The molecule has 2 saturated heterocycles. The Bertz CT molecular complexity index is 672. The lowest BCUT2D eigenvalue weighted by atomic mass is 9.95. The van der Waals surface area contributed by atoms with Gasteiger partial charge in [-0.25, -0.2) is 0 Å². The highest BCUT2D eigenvalue weighted by molar-refractivity contribution is 5.80. The van der Waals surface area contributed by atoms with E-state index in [1.165, 1.54) is 10.6 Å². The molecule has 1 aromatic heterocycles. The van der Waals surface area contributed by atoms with Gasteiger partial charge in [0.05, 0.1) is 6.61 Å². The molecule has 0 saturated carbocycles. The van der Waals surface area contributed by atoms with Crippen molar-refractivity contribution in [1.29, 1.82) is 0 Å². The third-order valence-corrected chi connectivity index (χ3v) is 4.84. The van der Waals surface area contributed by atoms with Crippen LogP contribution in [-0.4, -0.2) is 76.3 Å². The Hall–Kier alpha value is -2.19. The summed E-state index contributed by atoms with van der Waals surface area (Å²) in [7, 11) is 0. The summed E-state index contributed by atoms with van der Waals surface area (Å²) < 4.78 is 6.67. The number of hydrogen-bond donors (Lipinski definition) is 1. The van der Waals surface area contributed by atoms with Crippen LogP contribution in [0.25, 0.3) is 0 Å². The molecule has 1 aromatic rings. The van der Waals surface area contributed by atoms with E-state index >= 15 is 0 Å². The first-order valence-electron chi connectivity index (χ1n) is 8.02. The molecule has 0 bridgehead atoms. The van der Waals surface area contributed by atoms with Crippen LogP contribution in [0.4, 0.5) is 0 Å². The molecule has 3 heterocycles. The van der Waals surface area contributed by atoms with Crippen molar-refractivity contribution in [2.75, 3.05) is 39.4 Å². The molecule has 1 N–H and O–H groups in total. The lowest BCUT2D eigenvalue weighted by Crippen LogP contribution is -2.62. The van der Waals surface area contributed by atoms with Crippen molar-refractivity contribution in [3.63, 3.8) is 0 Å². The molecule has 1 unspecified atom stereocenters. The average Bonchev–Trinajstić information content (AvgIpc) is 3.08. The number of piperazine rings is 1. The van der Waals surface area contributed by atoms with Gasteiger partial charge in [-0.05, 0) is 6.07 Å². The van der Waals surface area contributed by atoms with Gasteiger partial charge in [0.25, 0.3) is 5.56 Å². The molecular formula is C16H21N3O5. The third kappa shape index (κ3) is 3.07. The number of rotatable bonds is 4. The summed E-state index contributed by atoms with van der Waals surface area (Å²) in [4.78, 5) is 39.3. The molecular weight excluding hydrogens is 314 g/mol. The summed E-state index contributed by atoms with van der Waals surface area (Å²) in [6.07, 6.45) is 2.06. The lowest BCUT2D eigenvalue weighted by Gasteiger charge is -2.42. The molecule has 8 nitrogen and oxygen atoms in total. The van der Waals surface area contributed by atoms with Crippen LogP contribution < -0.4 is 5.56 Å². The first-order valence-corrected chi connectivity index (χ1v) is 8.02. The standard InChI is InChI=1S/C16H21N3O5/c20-13-3-1-2-5-18(13)11-14(21)17-6-8-19(9-7-17)16(15(22)23)4-10-24-12-16/h1-3,5H,4,6-12H2,(H,22,23). The zero-order valence-corrected chi connectivity index (χ0v) is 13.4. The molecule has 3 rings (SSSR count). The highest BCUT2D eigenvalue weighted by Gasteiger charge is 2.48. The number of nitrogens with zero attached hydrogens (tertiary/aromatic N) is 3. The molecule has 0 aliphatic carbocycles. The first-order chi connectivity index (χ1) is 11.5. The van der Waals surface area contributed by atoms with Gasteiger partial charge in [-0.15, -0.1) is 0 Å². The van der Waals surface area contributed by atoms with Gasteiger partial charge in [-0.3, -0.25) is 19.3 Å². The minimum absolute atomic E-state index is 0.00680. The number of carbonyl (C=O) groups excluding carboxylic acids is 1. The number of carbonyl (C=O) groups is 2. The van der Waals surface area contributed by atoms with Crippen molar-refractivity contribution in [2.45, 2.75) is 18.5 Å². The Kier molecular flexibility index (Phi) is 4.68. The van der Waals surface area contributed by atoms with Crippen LogP contribution in [0.3, 0.4) is 0 Å². The molecule has 0 spiro atoms. The van der Waals surface area contributed by atoms with Gasteiger partial charge in [0.2, 0.25) is 5.91 Å². The zero-order chi connectivity index (χ0) is 17.2. The number of hydrogen-bond acceptors (Lipinski definition) is 5. The van der Waals surface area contributed by atoms with Crippen molar-refractivity contribution in [3.05, 3.63) is 34.7 Å². The van der Waals surface area contributed by atoms with E-state index in [9.17, 15) is 19.5 Å². The smallest absolute Gasteiger partial charge is 0.326 e. The fourth-order valence-corrected chi connectivity index (χ4v) is 3.33. The van der Waals surface area contributed by atoms with Crippen LogP contribution in [0.1, 0.15) is 6.42 Å². The maximum atomic E-state index is 12.4. The lowest BCUT2D eigenvalue weighted by molar-refractivity contribution is -0.154. The SMILES string of the molecule is O=C(Cn1ccccc1=O)N1CCN(C2(C(=O)O)CCOC2)CC1.